The van der Waals surface area contributed by atoms with Crippen molar-refractivity contribution < 1.29 is 4.79 Å². The Kier molecular flexibility index (Phi) is 7.78. The molecule has 1 atom stereocenters. The molecule has 0 aromatic heterocycles. The van der Waals surface area contributed by atoms with Gasteiger partial charge in [0.1, 0.15) is 0 Å². The van der Waals surface area contributed by atoms with E-state index < -0.39 is 0 Å². The molecule has 0 aliphatic carbocycles. The number of nitrogens with one attached hydrogen (secondary N) is 2. The fraction of sp³-hybridized carbons (Fsp3) is 0.588. The number of benzene rings is 1. The fourth-order valence-corrected chi connectivity index (χ4v) is 2.22. The zero-order valence-corrected chi connectivity index (χ0v) is 13.0. The first-order valence-corrected chi connectivity index (χ1v) is 7.77. The van der Waals surface area contributed by atoms with Gasteiger partial charge in [0.2, 0.25) is 5.91 Å². The van der Waals surface area contributed by atoms with Crippen molar-refractivity contribution in [3.05, 3.63) is 29.8 Å². The Labute approximate surface area is 123 Å². The molecule has 1 aromatic carbocycles. The van der Waals surface area contributed by atoms with Crippen molar-refractivity contribution in [3.8, 4) is 0 Å². The number of amides is 1. The molecule has 0 bridgehead atoms. The summed E-state index contributed by atoms with van der Waals surface area (Å²) in [5.41, 5.74) is 2.19. The van der Waals surface area contributed by atoms with E-state index in [0.717, 1.165) is 11.3 Å². The fourth-order valence-electron chi connectivity index (χ4n) is 2.22. The van der Waals surface area contributed by atoms with E-state index in [4.69, 9.17) is 0 Å². The number of unbranched alkanes of at least 4 members (excludes halogenated alkanes) is 2. The van der Waals surface area contributed by atoms with Crippen molar-refractivity contribution in [2.75, 3.05) is 11.9 Å². The molecule has 0 spiro atoms. The van der Waals surface area contributed by atoms with Gasteiger partial charge >= 0.3 is 0 Å². The van der Waals surface area contributed by atoms with E-state index in [9.17, 15) is 4.79 Å². The SMILES string of the molecule is CCCCCC(C)Nc1ccc(CC(=O)NCC)cc1. The molecule has 1 rings (SSSR count). The molecule has 3 nitrogen and oxygen atoms in total. The second-order valence-electron chi connectivity index (χ2n) is 5.37. The summed E-state index contributed by atoms with van der Waals surface area (Å²) in [5.74, 6) is 0.0844. The van der Waals surface area contributed by atoms with Gasteiger partial charge in [0.05, 0.1) is 6.42 Å². The van der Waals surface area contributed by atoms with Gasteiger partial charge in [0.15, 0.2) is 0 Å². The highest BCUT2D eigenvalue weighted by Gasteiger charge is 2.04. The van der Waals surface area contributed by atoms with E-state index in [1.54, 1.807) is 0 Å². The van der Waals surface area contributed by atoms with Crippen molar-refractivity contribution in [2.24, 2.45) is 0 Å². The van der Waals surface area contributed by atoms with Crippen LogP contribution in [-0.4, -0.2) is 18.5 Å². The minimum absolute atomic E-state index is 0.0844. The third-order valence-electron chi connectivity index (χ3n) is 3.35. The lowest BCUT2D eigenvalue weighted by atomic mass is 10.1. The Morgan fingerprint density at radius 2 is 1.85 bits per heavy atom. The molecule has 0 fully saturated rings. The number of hydrogen-bond acceptors (Lipinski definition) is 2. The van der Waals surface area contributed by atoms with Gasteiger partial charge in [-0.25, -0.2) is 0 Å². The normalized spacial score (nSPS) is 11.9. The van der Waals surface area contributed by atoms with Crippen LogP contribution in [0.4, 0.5) is 5.69 Å². The zero-order valence-electron chi connectivity index (χ0n) is 13.0. The Balaban J connectivity index is 2.39. The van der Waals surface area contributed by atoms with E-state index in [-0.39, 0.29) is 5.91 Å². The van der Waals surface area contributed by atoms with Crippen molar-refractivity contribution in [3.63, 3.8) is 0 Å². The number of carbonyl (C=O) groups excluding carboxylic acids is 1. The summed E-state index contributed by atoms with van der Waals surface area (Å²) in [7, 11) is 0. The predicted molar refractivity (Wildman–Crippen MR) is 86.1 cm³/mol. The molecule has 1 amide bonds. The summed E-state index contributed by atoms with van der Waals surface area (Å²) in [4.78, 5) is 11.5. The smallest absolute Gasteiger partial charge is 0.224 e. The van der Waals surface area contributed by atoms with E-state index in [1.165, 1.54) is 25.7 Å². The third kappa shape index (κ3) is 6.60. The van der Waals surface area contributed by atoms with Crippen molar-refractivity contribution in [1.82, 2.24) is 5.32 Å². The highest BCUT2D eigenvalue weighted by atomic mass is 16.1. The molecule has 0 heterocycles. The Morgan fingerprint density at radius 3 is 2.45 bits per heavy atom. The lowest BCUT2D eigenvalue weighted by Crippen LogP contribution is -2.24. The van der Waals surface area contributed by atoms with Crippen LogP contribution in [0.2, 0.25) is 0 Å². The second kappa shape index (κ2) is 9.40. The Bertz CT molecular complexity index is 386. The summed E-state index contributed by atoms with van der Waals surface area (Å²) < 4.78 is 0. The second-order valence-corrected chi connectivity index (χ2v) is 5.37. The average Bonchev–Trinajstić information content (AvgIpc) is 2.41. The molecule has 20 heavy (non-hydrogen) atoms. The van der Waals surface area contributed by atoms with Crippen LogP contribution in [0, 0.1) is 0 Å². The quantitative estimate of drug-likeness (QED) is 0.674. The lowest BCUT2D eigenvalue weighted by Gasteiger charge is -2.15. The molecule has 1 aromatic rings. The lowest BCUT2D eigenvalue weighted by molar-refractivity contribution is -0.120. The van der Waals surface area contributed by atoms with E-state index in [0.29, 0.717) is 19.0 Å². The minimum Gasteiger partial charge on any atom is -0.383 e. The minimum atomic E-state index is 0.0844. The first-order valence-electron chi connectivity index (χ1n) is 7.77. The van der Waals surface area contributed by atoms with Crippen molar-refractivity contribution in [2.45, 2.75) is 58.9 Å². The van der Waals surface area contributed by atoms with Gasteiger partial charge in [0.25, 0.3) is 0 Å². The van der Waals surface area contributed by atoms with Gasteiger partial charge in [-0.2, -0.15) is 0 Å². The van der Waals surface area contributed by atoms with Gasteiger partial charge in [-0.15, -0.1) is 0 Å². The first-order chi connectivity index (χ1) is 9.65. The molecule has 0 saturated carbocycles. The van der Waals surface area contributed by atoms with Crippen LogP contribution in [0.25, 0.3) is 0 Å². The molecule has 0 saturated heterocycles. The molecule has 0 radical (unpaired) electrons. The average molecular weight is 276 g/mol. The van der Waals surface area contributed by atoms with Crippen LogP contribution in [0.1, 0.15) is 52.0 Å². The molecule has 112 valence electrons. The van der Waals surface area contributed by atoms with Gasteiger partial charge in [-0.05, 0) is 38.0 Å². The number of hydrogen-bond donors (Lipinski definition) is 2. The zero-order chi connectivity index (χ0) is 14.8. The Hall–Kier alpha value is -1.51. The highest BCUT2D eigenvalue weighted by molar-refractivity contribution is 5.78. The van der Waals surface area contributed by atoms with Crippen LogP contribution >= 0.6 is 0 Å². The van der Waals surface area contributed by atoms with Crippen molar-refractivity contribution >= 4 is 11.6 Å². The number of rotatable bonds is 9. The van der Waals surface area contributed by atoms with Crippen molar-refractivity contribution in [1.29, 1.82) is 0 Å². The number of carbonyl (C=O) groups is 1. The summed E-state index contributed by atoms with van der Waals surface area (Å²) in [5, 5.41) is 6.32. The van der Waals surface area contributed by atoms with Crippen LogP contribution in [0.15, 0.2) is 24.3 Å². The predicted octanol–water partition coefficient (Wildman–Crippen LogP) is 3.75. The first kappa shape index (κ1) is 16.5. The van der Waals surface area contributed by atoms with E-state index in [2.05, 4.69) is 36.6 Å². The molecule has 0 aliphatic rings. The molecular weight excluding hydrogens is 248 g/mol. The molecular formula is C17H28N2O. The molecule has 2 N–H and O–H groups in total. The standard InChI is InChI=1S/C17H28N2O/c1-4-6-7-8-14(3)19-16-11-9-15(10-12-16)13-17(20)18-5-2/h9-12,14,19H,4-8,13H2,1-3H3,(H,18,20). The van der Waals surface area contributed by atoms with Crippen LogP contribution < -0.4 is 10.6 Å². The van der Waals surface area contributed by atoms with Crippen LogP contribution in [0.3, 0.4) is 0 Å². The van der Waals surface area contributed by atoms with Gasteiger partial charge in [0, 0.05) is 18.3 Å². The summed E-state index contributed by atoms with van der Waals surface area (Å²) in [6.45, 7) is 7.07. The highest BCUT2D eigenvalue weighted by Crippen LogP contribution is 2.13. The van der Waals surface area contributed by atoms with Gasteiger partial charge in [-0.3, -0.25) is 4.79 Å². The van der Waals surface area contributed by atoms with Gasteiger partial charge < -0.3 is 10.6 Å². The van der Waals surface area contributed by atoms with E-state index >= 15 is 0 Å². The summed E-state index contributed by atoms with van der Waals surface area (Å²) in [6.07, 6.45) is 5.51. The monoisotopic (exact) mass is 276 g/mol. The maximum absolute atomic E-state index is 11.5. The number of likely N-dealkylation sites (N-methyl/N-ethyl adjacent to an activating group) is 1. The van der Waals surface area contributed by atoms with Crippen LogP contribution in [0.5, 0.6) is 0 Å². The molecule has 3 heteroatoms. The maximum atomic E-state index is 11.5. The van der Waals surface area contributed by atoms with E-state index in [1.807, 2.05) is 19.1 Å². The van der Waals surface area contributed by atoms with Crippen LogP contribution in [-0.2, 0) is 11.2 Å². The maximum Gasteiger partial charge on any atom is 0.224 e. The van der Waals surface area contributed by atoms with Gasteiger partial charge in [-0.1, -0.05) is 38.3 Å². The molecule has 1 unspecified atom stereocenters. The number of anilines is 1. The summed E-state index contributed by atoms with van der Waals surface area (Å²) >= 11 is 0. The summed E-state index contributed by atoms with van der Waals surface area (Å²) in [6, 6.07) is 8.67. The Morgan fingerprint density at radius 1 is 1.15 bits per heavy atom. The molecule has 0 aliphatic heterocycles. The largest absolute Gasteiger partial charge is 0.383 e. The topological polar surface area (TPSA) is 41.1 Å². The third-order valence-corrected chi connectivity index (χ3v) is 3.35.